The number of fused-ring (bicyclic) bond motifs is 5. The maximum atomic E-state index is 5.27. The van der Waals surface area contributed by atoms with Gasteiger partial charge in [-0.05, 0) is 64.6 Å². The second-order valence-corrected chi connectivity index (χ2v) is 10.2. The van der Waals surface area contributed by atoms with Gasteiger partial charge in [0.05, 0.1) is 22.4 Å². The normalized spacial score (nSPS) is 12.8. The fourth-order valence-corrected chi connectivity index (χ4v) is 5.97. The molecule has 0 radical (unpaired) electrons. The number of para-hydroxylation sites is 1. The topological polar surface area (TPSA) is 30.7 Å². The van der Waals surface area contributed by atoms with E-state index < -0.39 is 0 Å². The van der Waals surface area contributed by atoms with E-state index >= 15 is 0 Å². The van der Waals surface area contributed by atoms with Gasteiger partial charge in [-0.15, -0.1) is 0 Å². The molecule has 0 spiro atoms. The minimum Gasteiger partial charge on any atom is -0.278 e. The zero-order valence-corrected chi connectivity index (χ0v) is 21.4. The van der Waals surface area contributed by atoms with Crippen LogP contribution in [0.25, 0.3) is 67.0 Å². The summed E-state index contributed by atoms with van der Waals surface area (Å²) in [5.74, 6) is 0.712. The molecule has 0 N–H and O–H groups in total. The second-order valence-electron chi connectivity index (χ2n) is 10.2. The molecule has 0 aliphatic heterocycles. The van der Waals surface area contributed by atoms with Gasteiger partial charge in [-0.1, -0.05) is 103 Å². The third kappa shape index (κ3) is 3.58. The largest absolute Gasteiger partial charge is 0.278 e. The van der Waals surface area contributed by atoms with Crippen LogP contribution in [0.5, 0.6) is 0 Å². The van der Waals surface area contributed by atoms with Crippen LogP contribution in [0.2, 0.25) is 0 Å². The molecule has 2 aromatic heterocycles. The maximum absolute atomic E-state index is 5.27. The van der Waals surface area contributed by atoms with Crippen molar-refractivity contribution >= 4 is 38.7 Å². The Morgan fingerprint density at radius 1 is 0.590 bits per heavy atom. The number of aromatic nitrogens is 3. The molecule has 2 heterocycles. The molecule has 3 heteroatoms. The minimum atomic E-state index is 0.712. The first-order valence-corrected chi connectivity index (χ1v) is 13.5. The van der Waals surface area contributed by atoms with Crippen molar-refractivity contribution in [2.24, 2.45) is 0 Å². The number of nitrogens with zero attached hydrogens (tertiary/aromatic N) is 3. The highest BCUT2D eigenvalue weighted by Gasteiger charge is 2.22. The molecule has 7 aromatic rings. The van der Waals surface area contributed by atoms with Crippen molar-refractivity contribution in [3.63, 3.8) is 0 Å². The zero-order chi connectivity index (χ0) is 25.8. The Morgan fingerprint density at radius 2 is 1.28 bits per heavy atom. The molecule has 0 amide bonds. The van der Waals surface area contributed by atoms with E-state index in [1.165, 1.54) is 38.5 Å². The standard InChI is InChI=1S/C36H25N3/c1-2-10-24(11-3-1)25-18-20-26(21-19-25)35-30-15-6-8-16-32(30)37-36(38-35)39-33-17-9-7-14-29(33)31-22-27-12-4-5-13-28(27)23-34(31)39/h1-6,8-13,15-23H,7,14H2. The Morgan fingerprint density at radius 3 is 2.13 bits per heavy atom. The first-order valence-electron chi connectivity index (χ1n) is 13.5. The Balaban J connectivity index is 1.38. The van der Waals surface area contributed by atoms with Crippen LogP contribution in [0.1, 0.15) is 17.7 Å². The van der Waals surface area contributed by atoms with Gasteiger partial charge in [-0.3, -0.25) is 4.57 Å². The predicted molar refractivity (Wildman–Crippen MR) is 162 cm³/mol. The van der Waals surface area contributed by atoms with Crippen LogP contribution < -0.4 is 0 Å². The molecule has 0 fully saturated rings. The summed E-state index contributed by atoms with van der Waals surface area (Å²) in [6.07, 6.45) is 6.59. The van der Waals surface area contributed by atoms with Gasteiger partial charge in [0.2, 0.25) is 5.95 Å². The Kier molecular flexibility index (Phi) is 4.95. The second kappa shape index (κ2) is 8.78. The van der Waals surface area contributed by atoms with Gasteiger partial charge in [0.15, 0.2) is 0 Å². The molecule has 184 valence electrons. The van der Waals surface area contributed by atoms with Crippen LogP contribution in [-0.2, 0) is 6.42 Å². The highest BCUT2D eigenvalue weighted by molar-refractivity contribution is 6.01. The molecule has 3 nitrogen and oxygen atoms in total. The summed E-state index contributed by atoms with van der Waals surface area (Å²) in [5, 5.41) is 4.83. The van der Waals surface area contributed by atoms with E-state index in [9.17, 15) is 0 Å². The quantitative estimate of drug-likeness (QED) is 0.243. The minimum absolute atomic E-state index is 0.712. The number of benzene rings is 5. The van der Waals surface area contributed by atoms with E-state index in [-0.39, 0.29) is 0 Å². The molecule has 39 heavy (non-hydrogen) atoms. The van der Waals surface area contributed by atoms with Gasteiger partial charge >= 0.3 is 0 Å². The van der Waals surface area contributed by atoms with Crippen LogP contribution in [0.3, 0.4) is 0 Å². The van der Waals surface area contributed by atoms with Crippen molar-refractivity contribution in [1.29, 1.82) is 0 Å². The molecule has 5 aromatic carbocycles. The summed E-state index contributed by atoms with van der Waals surface area (Å²) in [7, 11) is 0. The Labute approximate surface area is 226 Å². The van der Waals surface area contributed by atoms with Gasteiger partial charge in [0.25, 0.3) is 0 Å². The lowest BCUT2D eigenvalue weighted by Gasteiger charge is -2.14. The lowest BCUT2D eigenvalue weighted by atomic mass is 9.99. The molecule has 0 unspecified atom stereocenters. The summed E-state index contributed by atoms with van der Waals surface area (Å²) < 4.78 is 2.26. The van der Waals surface area contributed by atoms with Crippen LogP contribution in [0.15, 0.2) is 121 Å². The SMILES string of the molecule is C1=Cc2c(c3cc4ccccc4cc3n2-c2nc(-c3ccc(-c4ccccc4)cc3)c3ccccc3n2)CC1. The Hall–Kier alpha value is -5.02. The smallest absolute Gasteiger partial charge is 0.235 e. The maximum Gasteiger partial charge on any atom is 0.235 e. The number of rotatable bonds is 3. The molecule has 0 saturated carbocycles. The van der Waals surface area contributed by atoms with Crippen LogP contribution in [-0.4, -0.2) is 14.5 Å². The third-order valence-electron chi connectivity index (χ3n) is 7.87. The fourth-order valence-electron chi connectivity index (χ4n) is 5.97. The molecule has 0 bridgehead atoms. The molecule has 0 atom stereocenters. The summed E-state index contributed by atoms with van der Waals surface area (Å²) in [4.78, 5) is 10.4. The highest BCUT2D eigenvalue weighted by atomic mass is 15.2. The van der Waals surface area contributed by atoms with Gasteiger partial charge in [-0.25, -0.2) is 9.97 Å². The number of hydrogen-bond acceptors (Lipinski definition) is 2. The van der Waals surface area contributed by atoms with Crippen LogP contribution in [0.4, 0.5) is 0 Å². The molecule has 0 saturated heterocycles. The fraction of sp³-hybridized carbons (Fsp3) is 0.0556. The summed E-state index contributed by atoms with van der Waals surface area (Å²) in [6.45, 7) is 0. The van der Waals surface area contributed by atoms with Gasteiger partial charge in [0.1, 0.15) is 0 Å². The van der Waals surface area contributed by atoms with Crippen LogP contribution >= 0.6 is 0 Å². The summed E-state index contributed by atoms with van der Waals surface area (Å²) in [6, 6.07) is 40.8. The van der Waals surface area contributed by atoms with Gasteiger partial charge < -0.3 is 0 Å². The van der Waals surface area contributed by atoms with E-state index in [0.717, 1.165) is 40.5 Å². The monoisotopic (exact) mass is 499 g/mol. The van der Waals surface area contributed by atoms with Crippen molar-refractivity contribution in [3.8, 4) is 28.3 Å². The lowest BCUT2D eigenvalue weighted by Crippen LogP contribution is -2.06. The molecular formula is C36H25N3. The molecule has 1 aliphatic carbocycles. The molecule has 1 aliphatic rings. The van der Waals surface area contributed by atoms with Crippen molar-refractivity contribution < 1.29 is 0 Å². The van der Waals surface area contributed by atoms with Crippen LogP contribution in [0, 0.1) is 0 Å². The lowest BCUT2D eigenvalue weighted by molar-refractivity contribution is 0.929. The summed E-state index contributed by atoms with van der Waals surface area (Å²) in [5.41, 5.74) is 9.11. The molecule has 8 rings (SSSR count). The predicted octanol–water partition coefficient (Wildman–Crippen LogP) is 9.02. The van der Waals surface area contributed by atoms with Crippen molar-refractivity contribution in [3.05, 3.63) is 133 Å². The number of hydrogen-bond donors (Lipinski definition) is 0. The first kappa shape index (κ1) is 22.0. The van der Waals surface area contributed by atoms with E-state index in [0.29, 0.717) is 5.95 Å². The van der Waals surface area contributed by atoms with E-state index in [1.807, 2.05) is 6.07 Å². The van der Waals surface area contributed by atoms with Gasteiger partial charge in [0, 0.05) is 16.3 Å². The highest BCUT2D eigenvalue weighted by Crippen LogP contribution is 2.37. The first-order chi connectivity index (χ1) is 19.3. The Bertz CT molecular complexity index is 2050. The number of aryl methyl sites for hydroxylation is 1. The van der Waals surface area contributed by atoms with E-state index in [1.54, 1.807) is 0 Å². The average Bonchev–Trinajstić information content (AvgIpc) is 3.33. The van der Waals surface area contributed by atoms with E-state index in [2.05, 4.69) is 126 Å². The zero-order valence-electron chi connectivity index (χ0n) is 21.4. The van der Waals surface area contributed by atoms with Gasteiger partial charge in [-0.2, -0.15) is 0 Å². The van der Waals surface area contributed by atoms with Crippen molar-refractivity contribution in [1.82, 2.24) is 14.5 Å². The third-order valence-corrected chi connectivity index (χ3v) is 7.87. The van der Waals surface area contributed by atoms with E-state index in [4.69, 9.17) is 9.97 Å². The van der Waals surface area contributed by atoms with Crippen molar-refractivity contribution in [2.45, 2.75) is 12.8 Å². The average molecular weight is 500 g/mol. The van der Waals surface area contributed by atoms with Crippen molar-refractivity contribution in [2.75, 3.05) is 0 Å². The molecular weight excluding hydrogens is 474 g/mol. The summed E-state index contributed by atoms with van der Waals surface area (Å²) >= 11 is 0. The number of allylic oxidation sites excluding steroid dienone is 1.